The van der Waals surface area contributed by atoms with Crippen LogP contribution in [0.25, 0.3) is 0 Å². The van der Waals surface area contributed by atoms with Gasteiger partial charge in [0.15, 0.2) is 0 Å². The third kappa shape index (κ3) is 3.18. The van der Waals surface area contributed by atoms with Gasteiger partial charge in [-0.05, 0) is 30.5 Å². The Kier molecular flexibility index (Phi) is 4.26. The predicted octanol–water partition coefficient (Wildman–Crippen LogP) is 2.05. The number of rotatable bonds is 4. The molecule has 0 radical (unpaired) electrons. The van der Waals surface area contributed by atoms with Crippen LogP contribution in [0.1, 0.15) is 30.0 Å². The highest BCUT2D eigenvalue weighted by Gasteiger charge is 2.13. The molecule has 0 bridgehead atoms. The molecule has 1 aromatic rings. The normalized spacial score (nSPS) is 12.5. The molecule has 1 unspecified atom stereocenters. The van der Waals surface area contributed by atoms with Crippen LogP contribution in [0, 0.1) is 12.7 Å². The molecule has 0 aliphatic heterocycles. The fourth-order valence-electron chi connectivity index (χ4n) is 1.42. The van der Waals surface area contributed by atoms with Gasteiger partial charge in [0.2, 0.25) is 5.91 Å². The van der Waals surface area contributed by atoms with Crippen LogP contribution in [-0.2, 0) is 4.79 Å². The third-order valence-corrected chi connectivity index (χ3v) is 2.71. The van der Waals surface area contributed by atoms with Crippen LogP contribution >= 0.6 is 11.6 Å². The molecule has 4 N–H and O–H groups in total. The fourth-order valence-corrected chi connectivity index (χ4v) is 1.71. The second-order valence-electron chi connectivity index (χ2n) is 3.73. The number of carbonyl (C=O) groups excluding carboxylic acids is 1. The molecule has 1 atom stereocenters. The molecule has 0 saturated heterocycles. The van der Waals surface area contributed by atoms with Crippen LogP contribution in [0.15, 0.2) is 12.1 Å². The van der Waals surface area contributed by atoms with Gasteiger partial charge in [-0.3, -0.25) is 4.79 Å². The van der Waals surface area contributed by atoms with E-state index in [-0.39, 0.29) is 17.3 Å². The van der Waals surface area contributed by atoms with Crippen LogP contribution in [0.4, 0.5) is 4.39 Å². The van der Waals surface area contributed by atoms with Crippen molar-refractivity contribution in [2.75, 3.05) is 0 Å². The number of amides is 1. The van der Waals surface area contributed by atoms with E-state index in [1.165, 1.54) is 6.07 Å². The van der Waals surface area contributed by atoms with Crippen LogP contribution in [0.5, 0.6) is 0 Å². The molecule has 0 aliphatic rings. The number of hydrogen-bond donors (Lipinski definition) is 2. The number of aryl methyl sites for hydroxylation is 1. The first-order valence-electron chi connectivity index (χ1n) is 4.91. The standard InChI is InChI=1S/C11H14ClFN2O/c1-6-4-7(8(12)5-9(6)13)10(14)2-3-11(15)16/h4-5,10H,2-3,14H2,1H3,(H2,15,16). The Morgan fingerprint density at radius 3 is 2.75 bits per heavy atom. The van der Waals surface area contributed by atoms with E-state index in [4.69, 9.17) is 23.1 Å². The van der Waals surface area contributed by atoms with Crippen molar-refractivity contribution < 1.29 is 9.18 Å². The zero-order valence-corrected chi connectivity index (χ0v) is 9.72. The summed E-state index contributed by atoms with van der Waals surface area (Å²) in [6, 6.07) is 2.43. The van der Waals surface area contributed by atoms with E-state index in [1.807, 2.05) is 0 Å². The van der Waals surface area contributed by atoms with Crippen molar-refractivity contribution in [1.29, 1.82) is 0 Å². The number of halogens is 2. The first-order valence-corrected chi connectivity index (χ1v) is 5.29. The van der Waals surface area contributed by atoms with E-state index < -0.39 is 11.9 Å². The van der Waals surface area contributed by atoms with Gasteiger partial charge in [0.05, 0.1) is 0 Å². The predicted molar refractivity (Wildman–Crippen MR) is 61.5 cm³/mol. The number of primary amides is 1. The van der Waals surface area contributed by atoms with Gasteiger partial charge in [0, 0.05) is 17.5 Å². The van der Waals surface area contributed by atoms with E-state index >= 15 is 0 Å². The Balaban J connectivity index is 2.86. The number of carbonyl (C=O) groups is 1. The lowest BCUT2D eigenvalue weighted by atomic mass is 10.0. The van der Waals surface area contributed by atoms with Crippen molar-refractivity contribution in [1.82, 2.24) is 0 Å². The van der Waals surface area contributed by atoms with Crippen molar-refractivity contribution in [3.8, 4) is 0 Å². The van der Waals surface area contributed by atoms with Crippen LogP contribution in [-0.4, -0.2) is 5.91 Å². The Morgan fingerprint density at radius 2 is 2.19 bits per heavy atom. The zero-order chi connectivity index (χ0) is 12.3. The van der Waals surface area contributed by atoms with E-state index in [1.54, 1.807) is 13.0 Å². The molecule has 0 aromatic heterocycles. The lowest BCUT2D eigenvalue weighted by Crippen LogP contribution is -2.17. The molecular weight excluding hydrogens is 231 g/mol. The van der Waals surface area contributed by atoms with Gasteiger partial charge < -0.3 is 11.5 Å². The summed E-state index contributed by atoms with van der Waals surface area (Å²) >= 11 is 5.88. The molecule has 3 nitrogen and oxygen atoms in total. The topological polar surface area (TPSA) is 69.1 Å². The molecule has 1 rings (SSSR count). The summed E-state index contributed by atoms with van der Waals surface area (Å²) in [7, 11) is 0. The molecule has 0 heterocycles. The minimum absolute atomic E-state index is 0.188. The molecule has 0 aliphatic carbocycles. The highest BCUT2D eigenvalue weighted by Crippen LogP contribution is 2.27. The summed E-state index contributed by atoms with van der Waals surface area (Å²) in [5, 5.41) is 0.278. The molecule has 1 aromatic carbocycles. The maximum atomic E-state index is 13.1. The van der Waals surface area contributed by atoms with Gasteiger partial charge in [-0.25, -0.2) is 4.39 Å². The number of hydrogen-bond acceptors (Lipinski definition) is 2. The molecular formula is C11H14ClFN2O. The van der Waals surface area contributed by atoms with Crippen molar-refractivity contribution in [3.05, 3.63) is 34.1 Å². The van der Waals surface area contributed by atoms with Gasteiger partial charge in [-0.2, -0.15) is 0 Å². The fraction of sp³-hybridized carbons (Fsp3) is 0.364. The molecule has 88 valence electrons. The Labute approximate surface area is 98.6 Å². The van der Waals surface area contributed by atoms with Crippen molar-refractivity contribution >= 4 is 17.5 Å². The van der Waals surface area contributed by atoms with Crippen molar-refractivity contribution in [3.63, 3.8) is 0 Å². The summed E-state index contributed by atoms with van der Waals surface area (Å²) in [6.07, 6.45) is 0.591. The molecule has 0 spiro atoms. The molecule has 16 heavy (non-hydrogen) atoms. The number of benzene rings is 1. The molecule has 1 amide bonds. The summed E-state index contributed by atoms with van der Waals surface area (Å²) in [5.41, 5.74) is 12.0. The highest BCUT2D eigenvalue weighted by molar-refractivity contribution is 6.31. The van der Waals surface area contributed by atoms with Gasteiger partial charge >= 0.3 is 0 Å². The molecule has 5 heteroatoms. The van der Waals surface area contributed by atoms with Crippen LogP contribution in [0.2, 0.25) is 5.02 Å². The first kappa shape index (κ1) is 12.9. The third-order valence-electron chi connectivity index (χ3n) is 2.38. The van der Waals surface area contributed by atoms with Crippen LogP contribution < -0.4 is 11.5 Å². The van der Waals surface area contributed by atoms with E-state index in [9.17, 15) is 9.18 Å². The van der Waals surface area contributed by atoms with Crippen molar-refractivity contribution in [2.24, 2.45) is 11.5 Å². The summed E-state index contributed by atoms with van der Waals surface area (Å²) in [5.74, 6) is -0.777. The van der Waals surface area contributed by atoms with Gasteiger partial charge in [-0.1, -0.05) is 17.7 Å². The van der Waals surface area contributed by atoms with E-state index in [0.717, 1.165) is 0 Å². The number of nitrogens with two attached hydrogens (primary N) is 2. The van der Waals surface area contributed by atoms with Gasteiger partial charge in [-0.15, -0.1) is 0 Å². The summed E-state index contributed by atoms with van der Waals surface area (Å²) < 4.78 is 13.1. The highest BCUT2D eigenvalue weighted by atomic mass is 35.5. The Bertz CT molecular complexity index is 409. The zero-order valence-electron chi connectivity index (χ0n) is 8.97. The second kappa shape index (κ2) is 5.27. The van der Waals surface area contributed by atoms with Crippen LogP contribution in [0.3, 0.4) is 0 Å². The quantitative estimate of drug-likeness (QED) is 0.851. The van der Waals surface area contributed by atoms with Crippen molar-refractivity contribution in [2.45, 2.75) is 25.8 Å². The lowest BCUT2D eigenvalue weighted by Gasteiger charge is -2.14. The minimum atomic E-state index is -0.412. The second-order valence-corrected chi connectivity index (χ2v) is 4.14. The SMILES string of the molecule is Cc1cc(C(N)CCC(N)=O)c(Cl)cc1F. The monoisotopic (exact) mass is 244 g/mol. The Hall–Kier alpha value is -1.13. The average Bonchev–Trinajstić information content (AvgIpc) is 2.20. The smallest absolute Gasteiger partial charge is 0.217 e. The summed E-state index contributed by atoms with van der Waals surface area (Å²) in [4.78, 5) is 10.6. The largest absolute Gasteiger partial charge is 0.370 e. The van der Waals surface area contributed by atoms with E-state index in [0.29, 0.717) is 17.5 Å². The minimum Gasteiger partial charge on any atom is -0.370 e. The maximum Gasteiger partial charge on any atom is 0.217 e. The lowest BCUT2D eigenvalue weighted by molar-refractivity contribution is -0.118. The molecule has 0 fully saturated rings. The van der Waals surface area contributed by atoms with E-state index in [2.05, 4.69) is 0 Å². The first-order chi connectivity index (χ1) is 7.41. The maximum absolute atomic E-state index is 13.1. The Morgan fingerprint density at radius 1 is 1.56 bits per heavy atom. The van der Waals surface area contributed by atoms with Gasteiger partial charge in [0.1, 0.15) is 5.82 Å². The average molecular weight is 245 g/mol. The summed E-state index contributed by atoms with van der Waals surface area (Å²) in [6.45, 7) is 1.63. The molecule has 0 saturated carbocycles. The van der Waals surface area contributed by atoms with Gasteiger partial charge in [0.25, 0.3) is 0 Å².